The molecule has 102 valence electrons. The number of carboxylic acids is 1. The van der Waals surface area contributed by atoms with Gasteiger partial charge in [0.1, 0.15) is 0 Å². The second-order valence-corrected chi connectivity index (χ2v) is 4.57. The number of rotatable bonds is 5. The fourth-order valence-electron chi connectivity index (χ4n) is 2.52. The number of carboxylic acid groups (broad SMARTS) is 1. The molecule has 1 saturated heterocycles. The largest absolute Gasteiger partial charge is 0.550 e. The second-order valence-electron chi connectivity index (χ2n) is 4.57. The molecule has 0 aromatic heterocycles. The van der Waals surface area contributed by atoms with Crippen LogP contribution < -0.4 is 5.11 Å². The van der Waals surface area contributed by atoms with Crippen molar-refractivity contribution < 1.29 is 19.4 Å². The van der Waals surface area contributed by atoms with Gasteiger partial charge in [-0.25, -0.2) is 0 Å². The number of amides is 1. The van der Waals surface area contributed by atoms with Gasteiger partial charge in [0.25, 0.3) is 0 Å². The number of hydrogen-bond donors (Lipinski definition) is 0. The first-order valence-electron chi connectivity index (χ1n) is 6.19. The van der Waals surface area contributed by atoms with Crippen LogP contribution in [0.5, 0.6) is 0 Å². The standard InChI is InChI=1S/C14H17NO4/c1-19-8-7-15-12(16)9-11(14(17)18)13(15)10-5-3-2-4-6-10/h2-6,11,13H,7-9H2,1H3,(H,17,18)/p-1/t11-,13+/m1/s1. The maximum Gasteiger partial charge on any atom is 0.223 e. The molecule has 0 aliphatic carbocycles. The zero-order chi connectivity index (χ0) is 13.8. The molecule has 1 amide bonds. The van der Waals surface area contributed by atoms with Crippen LogP contribution in [0.3, 0.4) is 0 Å². The number of benzene rings is 1. The number of carbonyl (C=O) groups is 2. The number of carbonyl (C=O) groups excluding carboxylic acids is 2. The summed E-state index contributed by atoms with van der Waals surface area (Å²) in [5, 5.41) is 11.2. The Morgan fingerprint density at radius 3 is 2.68 bits per heavy atom. The van der Waals surface area contributed by atoms with Crippen LogP contribution in [-0.4, -0.2) is 37.0 Å². The lowest BCUT2D eigenvalue weighted by molar-refractivity contribution is -0.312. The van der Waals surface area contributed by atoms with Crippen molar-refractivity contribution in [2.24, 2.45) is 5.92 Å². The van der Waals surface area contributed by atoms with Crippen LogP contribution in [0.2, 0.25) is 0 Å². The first kappa shape index (κ1) is 13.5. The molecule has 1 fully saturated rings. The molecule has 1 aliphatic heterocycles. The lowest BCUT2D eigenvalue weighted by Gasteiger charge is -2.29. The molecule has 1 heterocycles. The molecule has 1 aliphatic rings. The first-order valence-corrected chi connectivity index (χ1v) is 6.19. The third-order valence-corrected chi connectivity index (χ3v) is 3.41. The summed E-state index contributed by atoms with van der Waals surface area (Å²) >= 11 is 0. The summed E-state index contributed by atoms with van der Waals surface area (Å²) in [4.78, 5) is 24.8. The molecular formula is C14H16NO4-. The van der Waals surface area contributed by atoms with Crippen LogP contribution in [-0.2, 0) is 14.3 Å². The van der Waals surface area contributed by atoms with Gasteiger partial charge in [-0.05, 0) is 5.56 Å². The number of methoxy groups -OCH3 is 1. The summed E-state index contributed by atoms with van der Waals surface area (Å²) in [6.45, 7) is 0.771. The van der Waals surface area contributed by atoms with E-state index in [-0.39, 0.29) is 12.3 Å². The van der Waals surface area contributed by atoms with Crippen molar-refractivity contribution >= 4 is 11.9 Å². The minimum Gasteiger partial charge on any atom is -0.550 e. The van der Waals surface area contributed by atoms with Crippen LogP contribution in [0.25, 0.3) is 0 Å². The van der Waals surface area contributed by atoms with E-state index in [2.05, 4.69) is 0 Å². The summed E-state index contributed by atoms with van der Waals surface area (Å²) in [7, 11) is 1.55. The van der Waals surface area contributed by atoms with E-state index in [0.717, 1.165) is 5.56 Å². The highest BCUT2D eigenvalue weighted by atomic mass is 16.5. The van der Waals surface area contributed by atoms with Gasteiger partial charge in [-0.1, -0.05) is 30.3 Å². The molecule has 5 nitrogen and oxygen atoms in total. The van der Waals surface area contributed by atoms with E-state index < -0.39 is 17.9 Å². The summed E-state index contributed by atoms with van der Waals surface area (Å²) in [6, 6.07) is 8.72. The van der Waals surface area contributed by atoms with Crippen molar-refractivity contribution in [2.45, 2.75) is 12.5 Å². The van der Waals surface area contributed by atoms with Crippen LogP contribution in [0.4, 0.5) is 0 Å². The summed E-state index contributed by atoms with van der Waals surface area (Å²) in [5.74, 6) is -2.14. The molecule has 2 rings (SSSR count). The fraction of sp³-hybridized carbons (Fsp3) is 0.429. The smallest absolute Gasteiger partial charge is 0.223 e. The van der Waals surface area contributed by atoms with E-state index >= 15 is 0 Å². The molecular weight excluding hydrogens is 246 g/mol. The Bertz CT molecular complexity index is 460. The molecule has 5 heteroatoms. The Hall–Kier alpha value is -1.88. The van der Waals surface area contributed by atoms with E-state index in [9.17, 15) is 14.7 Å². The third kappa shape index (κ3) is 2.76. The van der Waals surface area contributed by atoms with Crippen LogP contribution in [0, 0.1) is 5.92 Å². The molecule has 2 atom stereocenters. The van der Waals surface area contributed by atoms with Gasteiger partial charge in [-0.15, -0.1) is 0 Å². The van der Waals surface area contributed by atoms with Gasteiger partial charge in [0, 0.05) is 32.0 Å². The highest BCUT2D eigenvalue weighted by Crippen LogP contribution is 2.37. The van der Waals surface area contributed by atoms with Crippen molar-refractivity contribution in [1.82, 2.24) is 4.90 Å². The normalized spacial score (nSPS) is 22.8. The Balaban J connectivity index is 2.30. The SMILES string of the molecule is COCCN1C(=O)C[C@@H](C(=O)[O-])[C@@H]1c1ccccc1. The topological polar surface area (TPSA) is 69.7 Å². The van der Waals surface area contributed by atoms with Crippen molar-refractivity contribution in [3.63, 3.8) is 0 Å². The lowest BCUT2D eigenvalue weighted by atomic mass is 9.94. The minimum atomic E-state index is -1.18. The highest BCUT2D eigenvalue weighted by Gasteiger charge is 2.40. The molecule has 0 saturated carbocycles. The average molecular weight is 262 g/mol. The van der Waals surface area contributed by atoms with Gasteiger partial charge in [-0.3, -0.25) is 4.79 Å². The van der Waals surface area contributed by atoms with Crippen LogP contribution in [0.1, 0.15) is 18.0 Å². The van der Waals surface area contributed by atoms with E-state index in [1.807, 2.05) is 30.3 Å². The van der Waals surface area contributed by atoms with Crippen LogP contribution in [0.15, 0.2) is 30.3 Å². The number of likely N-dealkylation sites (tertiary alicyclic amines) is 1. The molecule has 0 unspecified atom stereocenters. The van der Waals surface area contributed by atoms with E-state index in [1.165, 1.54) is 0 Å². The Morgan fingerprint density at radius 1 is 1.42 bits per heavy atom. The van der Waals surface area contributed by atoms with Crippen molar-refractivity contribution in [2.75, 3.05) is 20.3 Å². The van der Waals surface area contributed by atoms with Crippen molar-refractivity contribution in [3.05, 3.63) is 35.9 Å². The van der Waals surface area contributed by atoms with Crippen LogP contribution >= 0.6 is 0 Å². The van der Waals surface area contributed by atoms with E-state index in [0.29, 0.717) is 13.2 Å². The lowest BCUT2D eigenvalue weighted by Crippen LogP contribution is -2.37. The van der Waals surface area contributed by atoms with Gasteiger partial charge in [0.15, 0.2) is 0 Å². The number of nitrogens with zero attached hydrogens (tertiary/aromatic N) is 1. The fourth-order valence-corrected chi connectivity index (χ4v) is 2.52. The zero-order valence-corrected chi connectivity index (χ0v) is 10.7. The summed E-state index contributed by atoms with van der Waals surface area (Å²) < 4.78 is 4.98. The highest BCUT2D eigenvalue weighted by molar-refractivity contribution is 5.86. The molecule has 19 heavy (non-hydrogen) atoms. The molecule has 0 spiro atoms. The maximum absolute atomic E-state index is 12.0. The number of hydrogen-bond acceptors (Lipinski definition) is 4. The quantitative estimate of drug-likeness (QED) is 0.747. The van der Waals surface area contributed by atoms with Gasteiger partial charge in [0.05, 0.1) is 12.6 Å². The first-order chi connectivity index (χ1) is 9.15. The molecule has 1 aromatic carbocycles. The monoisotopic (exact) mass is 262 g/mol. The van der Waals surface area contributed by atoms with Gasteiger partial charge < -0.3 is 19.5 Å². The summed E-state index contributed by atoms with van der Waals surface area (Å²) in [6.07, 6.45) is -0.00832. The Kier molecular flexibility index (Phi) is 4.16. The average Bonchev–Trinajstić information content (AvgIpc) is 2.74. The van der Waals surface area contributed by atoms with Gasteiger partial charge in [0.2, 0.25) is 5.91 Å². The maximum atomic E-state index is 12.0. The molecule has 0 radical (unpaired) electrons. The number of ether oxygens (including phenoxy) is 1. The predicted molar refractivity (Wildman–Crippen MR) is 65.9 cm³/mol. The molecule has 1 aromatic rings. The number of aliphatic carboxylic acids is 1. The Labute approximate surface area is 111 Å². The summed E-state index contributed by atoms with van der Waals surface area (Å²) in [5.41, 5.74) is 0.818. The van der Waals surface area contributed by atoms with Crippen molar-refractivity contribution in [3.8, 4) is 0 Å². The Morgan fingerprint density at radius 2 is 2.11 bits per heavy atom. The minimum absolute atomic E-state index is 0.00832. The third-order valence-electron chi connectivity index (χ3n) is 3.41. The molecule has 0 bridgehead atoms. The van der Waals surface area contributed by atoms with E-state index in [4.69, 9.17) is 4.74 Å². The van der Waals surface area contributed by atoms with Crippen molar-refractivity contribution in [1.29, 1.82) is 0 Å². The van der Waals surface area contributed by atoms with Gasteiger partial charge in [-0.2, -0.15) is 0 Å². The predicted octanol–water partition coefficient (Wildman–Crippen LogP) is -0.0275. The van der Waals surface area contributed by atoms with E-state index in [1.54, 1.807) is 12.0 Å². The zero-order valence-electron chi connectivity index (χ0n) is 10.7. The van der Waals surface area contributed by atoms with Gasteiger partial charge >= 0.3 is 0 Å². The molecule has 0 N–H and O–H groups in total. The second kappa shape index (κ2) is 5.84.